The summed E-state index contributed by atoms with van der Waals surface area (Å²) in [7, 11) is 0. The molecule has 5 heteroatoms. The van der Waals surface area contributed by atoms with Crippen molar-refractivity contribution in [3.8, 4) is 84.7 Å². The van der Waals surface area contributed by atoms with Gasteiger partial charge in [-0.05, 0) is 68.8 Å². The maximum absolute atomic E-state index is 9.73. The summed E-state index contributed by atoms with van der Waals surface area (Å²) in [6.45, 7) is 0. The fourth-order valence-corrected chi connectivity index (χ4v) is 7.60. The van der Waals surface area contributed by atoms with Gasteiger partial charge in [-0.2, -0.15) is 5.26 Å². The molecule has 0 unspecified atom stereocenters. The Kier molecular flexibility index (Phi) is 8.48. The van der Waals surface area contributed by atoms with Gasteiger partial charge in [-0.25, -0.2) is 15.0 Å². The topological polar surface area (TPSA) is 75.6 Å². The minimum Gasteiger partial charge on any atom is -0.456 e. The molecule has 0 spiro atoms. The number of benzene rings is 8. The second-order valence-corrected chi connectivity index (χ2v) is 13.9. The molecule has 10 aromatic rings. The van der Waals surface area contributed by atoms with E-state index in [4.69, 9.17) is 19.4 Å². The van der Waals surface area contributed by atoms with E-state index in [1.807, 2.05) is 97.1 Å². The van der Waals surface area contributed by atoms with Gasteiger partial charge in [0.25, 0.3) is 0 Å². The summed E-state index contributed by atoms with van der Waals surface area (Å²) in [5.41, 5.74) is 13.2. The van der Waals surface area contributed by atoms with Gasteiger partial charge in [-0.15, -0.1) is 0 Å². The van der Waals surface area contributed by atoms with E-state index < -0.39 is 0 Å². The Balaban J connectivity index is 1.15. The normalized spacial score (nSPS) is 11.1. The van der Waals surface area contributed by atoms with Crippen molar-refractivity contribution in [1.82, 2.24) is 15.0 Å². The molecule has 2 heterocycles. The maximum Gasteiger partial charge on any atom is 0.164 e. The zero-order chi connectivity index (χ0) is 38.1. The van der Waals surface area contributed by atoms with Crippen LogP contribution in [0.25, 0.3) is 101 Å². The van der Waals surface area contributed by atoms with E-state index in [1.54, 1.807) is 0 Å². The SMILES string of the molecule is N#Cc1ccccc1-c1ccc(-c2nc(-c3ccccc3)nc(-c3cc4oc5cccc(-c6ccc(-c7ccccc7)cc6)c5c4cc3-c3ccccc3)n2)cc1. The highest BCUT2D eigenvalue weighted by Crippen LogP contribution is 2.42. The molecule has 0 amide bonds. The van der Waals surface area contributed by atoms with Crippen molar-refractivity contribution in [1.29, 1.82) is 5.26 Å². The molecular formula is C52H32N4O. The van der Waals surface area contributed by atoms with Crippen molar-refractivity contribution in [3.05, 3.63) is 200 Å². The highest BCUT2D eigenvalue weighted by atomic mass is 16.3. The summed E-state index contributed by atoms with van der Waals surface area (Å²) in [6.07, 6.45) is 0. The maximum atomic E-state index is 9.73. The molecule has 0 saturated carbocycles. The number of hydrogen-bond donors (Lipinski definition) is 0. The van der Waals surface area contributed by atoms with E-state index in [2.05, 4.69) is 103 Å². The molecular weight excluding hydrogens is 697 g/mol. The summed E-state index contributed by atoms with van der Waals surface area (Å²) >= 11 is 0. The van der Waals surface area contributed by atoms with Crippen LogP contribution in [0.4, 0.5) is 0 Å². The van der Waals surface area contributed by atoms with Crippen LogP contribution in [0.3, 0.4) is 0 Å². The molecule has 2 aromatic heterocycles. The fraction of sp³-hybridized carbons (Fsp3) is 0. The van der Waals surface area contributed by atoms with Gasteiger partial charge >= 0.3 is 0 Å². The first-order valence-corrected chi connectivity index (χ1v) is 18.8. The monoisotopic (exact) mass is 728 g/mol. The standard InChI is InChI=1S/C52H32N4O/c53-33-41-19-10-11-20-42(41)37-27-29-40(30-28-37)51-54-50(39-17-8-3-9-18-39)55-52(56-51)45-32-48-46(31-44(45)36-15-6-2-7-16-36)49-43(21-12-22-47(49)57-48)38-25-23-35(24-26-38)34-13-4-1-5-14-34/h1-32H. The molecule has 0 aliphatic carbocycles. The van der Waals surface area contributed by atoms with Crippen LogP contribution in [0, 0.1) is 11.3 Å². The van der Waals surface area contributed by atoms with E-state index in [0.29, 0.717) is 23.0 Å². The largest absolute Gasteiger partial charge is 0.456 e. The van der Waals surface area contributed by atoms with E-state index in [9.17, 15) is 5.26 Å². The third-order valence-corrected chi connectivity index (χ3v) is 10.4. The Hall–Kier alpha value is -7.94. The van der Waals surface area contributed by atoms with Crippen molar-refractivity contribution in [2.24, 2.45) is 0 Å². The average Bonchev–Trinajstić information content (AvgIpc) is 3.67. The molecule has 0 aliphatic heterocycles. The van der Waals surface area contributed by atoms with Crippen LogP contribution in [0.5, 0.6) is 0 Å². The fourth-order valence-electron chi connectivity index (χ4n) is 7.60. The van der Waals surface area contributed by atoms with E-state index in [-0.39, 0.29) is 0 Å². The van der Waals surface area contributed by atoms with Crippen molar-refractivity contribution in [2.45, 2.75) is 0 Å². The van der Waals surface area contributed by atoms with Gasteiger partial charge in [-0.3, -0.25) is 0 Å². The van der Waals surface area contributed by atoms with Crippen LogP contribution in [0.2, 0.25) is 0 Å². The van der Waals surface area contributed by atoms with Gasteiger partial charge in [-0.1, -0.05) is 170 Å². The van der Waals surface area contributed by atoms with Crippen LogP contribution >= 0.6 is 0 Å². The van der Waals surface area contributed by atoms with E-state index in [0.717, 1.165) is 72.0 Å². The molecule has 57 heavy (non-hydrogen) atoms. The van der Waals surface area contributed by atoms with Crippen LogP contribution in [-0.4, -0.2) is 15.0 Å². The summed E-state index contributed by atoms with van der Waals surface area (Å²) in [5, 5.41) is 11.8. The zero-order valence-electron chi connectivity index (χ0n) is 30.7. The van der Waals surface area contributed by atoms with Gasteiger partial charge in [0, 0.05) is 27.5 Å². The molecule has 0 aliphatic rings. The minimum absolute atomic E-state index is 0.538. The number of rotatable bonds is 7. The van der Waals surface area contributed by atoms with Crippen molar-refractivity contribution >= 4 is 21.9 Å². The van der Waals surface area contributed by atoms with Crippen molar-refractivity contribution in [2.75, 3.05) is 0 Å². The van der Waals surface area contributed by atoms with Crippen LogP contribution < -0.4 is 0 Å². The Morgan fingerprint density at radius 2 is 0.825 bits per heavy atom. The first-order chi connectivity index (χ1) is 28.2. The van der Waals surface area contributed by atoms with Gasteiger partial charge in [0.1, 0.15) is 11.2 Å². The first-order valence-electron chi connectivity index (χ1n) is 18.8. The molecule has 266 valence electrons. The summed E-state index contributed by atoms with van der Waals surface area (Å²) in [5.74, 6) is 1.65. The van der Waals surface area contributed by atoms with E-state index in [1.165, 1.54) is 11.1 Å². The summed E-state index contributed by atoms with van der Waals surface area (Å²) in [4.78, 5) is 15.3. The van der Waals surface area contributed by atoms with Crippen molar-refractivity contribution in [3.63, 3.8) is 0 Å². The number of aromatic nitrogens is 3. The third-order valence-electron chi connectivity index (χ3n) is 10.4. The Bertz CT molecular complexity index is 3100. The van der Waals surface area contributed by atoms with Crippen LogP contribution in [0.15, 0.2) is 199 Å². The molecule has 0 saturated heterocycles. The lowest BCUT2D eigenvalue weighted by molar-refractivity contribution is 0.669. The third kappa shape index (κ3) is 6.32. The van der Waals surface area contributed by atoms with E-state index >= 15 is 0 Å². The molecule has 0 bridgehead atoms. The van der Waals surface area contributed by atoms with Gasteiger partial charge in [0.05, 0.1) is 11.6 Å². The lowest BCUT2D eigenvalue weighted by atomic mass is 9.93. The smallest absolute Gasteiger partial charge is 0.164 e. The predicted octanol–water partition coefficient (Wildman–Crippen LogP) is 13.3. The second kappa shape index (κ2) is 14.4. The first kappa shape index (κ1) is 33.6. The van der Waals surface area contributed by atoms with Gasteiger partial charge in [0.2, 0.25) is 0 Å². The molecule has 10 rings (SSSR count). The Labute approximate surface area is 329 Å². The van der Waals surface area contributed by atoms with Gasteiger partial charge < -0.3 is 4.42 Å². The minimum atomic E-state index is 0.538. The zero-order valence-corrected chi connectivity index (χ0v) is 30.7. The lowest BCUT2D eigenvalue weighted by Gasteiger charge is -2.13. The highest BCUT2D eigenvalue weighted by molar-refractivity contribution is 6.14. The highest BCUT2D eigenvalue weighted by Gasteiger charge is 2.21. The average molecular weight is 729 g/mol. The number of hydrogen-bond acceptors (Lipinski definition) is 5. The van der Waals surface area contributed by atoms with Gasteiger partial charge in [0.15, 0.2) is 17.5 Å². The molecule has 8 aromatic carbocycles. The van der Waals surface area contributed by atoms with Crippen LogP contribution in [-0.2, 0) is 0 Å². The molecule has 0 fully saturated rings. The predicted molar refractivity (Wildman–Crippen MR) is 230 cm³/mol. The quantitative estimate of drug-likeness (QED) is 0.163. The van der Waals surface area contributed by atoms with Crippen molar-refractivity contribution < 1.29 is 4.42 Å². The Morgan fingerprint density at radius 1 is 0.351 bits per heavy atom. The Morgan fingerprint density at radius 3 is 1.49 bits per heavy atom. The number of fused-ring (bicyclic) bond motifs is 3. The second-order valence-electron chi connectivity index (χ2n) is 13.9. The number of nitriles is 1. The number of furan rings is 1. The summed E-state index contributed by atoms with van der Waals surface area (Å²) < 4.78 is 6.67. The summed E-state index contributed by atoms with van der Waals surface area (Å²) in [6, 6.07) is 68.1. The lowest BCUT2D eigenvalue weighted by Crippen LogP contribution is -2.01. The number of nitrogens with zero attached hydrogens (tertiary/aromatic N) is 4. The molecule has 0 radical (unpaired) electrons. The molecule has 0 N–H and O–H groups in total. The molecule has 0 atom stereocenters. The van der Waals surface area contributed by atoms with Crippen LogP contribution in [0.1, 0.15) is 5.56 Å². The molecule has 5 nitrogen and oxygen atoms in total.